The minimum Gasteiger partial charge on any atom is -0.395 e. The molecule has 1 saturated heterocycles. The number of nitrogens with zero attached hydrogens (tertiary/aromatic N) is 1. The maximum absolute atomic E-state index is 13.1. The second-order valence-electron chi connectivity index (χ2n) is 4.96. The highest BCUT2D eigenvalue weighted by molar-refractivity contribution is 5.93. The summed E-state index contributed by atoms with van der Waals surface area (Å²) in [7, 11) is 0. The van der Waals surface area contributed by atoms with Crippen molar-refractivity contribution < 1.29 is 14.3 Å². The zero-order chi connectivity index (χ0) is 13.8. The molecule has 1 atom stereocenters. The molecule has 0 radical (unpaired) electrons. The molecule has 1 heterocycles. The summed E-state index contributed by atoms with van der Waals surface area (Å²) in [5.41, 5.74) is 1.33. The maximum Gasteiger partial charge on any atom is 0.238 e. The number of aryl methyl sites for hydroxylation is 1. The van der Waals surface area contributed by atoms with Crippen molar-refractivity contribution in [3.8, 4) is 0 Å². The number of benzene rings is 1. The molecule has 1 aromatic rings. The smallest absolute Gasteiger partial charge is 0.238 e. The molecule has 0 aromatic heterocycles. The molecule has 0 aliphatic carbocycles. The Labute approximate surface area is 112 Å². The Kier molecular flexibility index (Phi) is 4.50. The van der Waals surface area contributed by atoms with Crippen LogP contribution in [0.1, 0.15) is 18.4 Å². The number of amides is 1. The van der Waals surface area contributed by atoms with E-state index in [4.69, 9.17) is 0 Å². The highest BCUT2D eigenvalue weighted by Gasteiger charge is 2.25. The van der Waals surface area contributed by atoms with Gasteiger partial charge in [0.1, 0.15) is 5.82 Å². The Morgan fingerprint density at radius 3 is 3.11 bits per heavy atom. The zero-order valence-electron chi connectivity index (χ0n) is 11.0. The summed E-state index contributed by atoms with van der Waals surface area (Å²) in [6.07, 6.45) is 1.92. The third kappa shape index (κ3) is 3.52. The van der Waals surface area contributed by atoms with Gasteiger partial charge in [-0.05, 0) is 44.0 Å². The molecule has 2 N–H and O–H groups in total. The van der Waals surface area contributed by atoms with E-state index in [0.717, 1.165) is 24.9 Å². The largest absolute Gasteiger partial charge is 0.395 e. The lowest BCUT2D eigenvalue weighted by atomic mass is 10.2. The average molecular weight is 266 g/mol. The Morgan fingerprint density at radius 2 is 2.37 bits per heavy atom. The number of hydrogen-bond acceptors (Lipinski definition) is 3. The minimum atomic E-state index is -0.365. The lowest BCUT2D eigenvalue weighted by Gasteiger charge is -2.22. The first-order valence-electron chi connectivity index (χ1n) is 6.51. The van der Waals surface area contributed by atoms with Crippen molar-refractivity contribution in [1.82, 2.24) is 4.90 Å². The van der Waals surface area contributed by atoms with Crippen LogP contribution in [0.25, 0.3) is 0 Å². The molecule has 1 aliphatic heterocycles. The summed E-state index contributed by atoms with van der Waals surface area (Å²) in [4.78, 5) is 13.9. The monoisotopic (exact) mass is 266 g/mol. The normalized spacial score (nSPS) is 19.6. The van der Waals surface area contributed by atoms with Crippen LogP contribution in [0.5, 0.6) is 0 Å². The Balaban J connectivity index is 1.95. The number of rotatable bonds is 4. The Bertz CT molecular complexity index is 465. The van der Waals surface area contributed by atoms with Crippen molar-refractivity contribution in [1.29, 1.82) is 0 Å². The quantitative estimate of drug-likeness (QED) is 0.869. The van der Waals surface area contributed by atoms with Gasteiger partial charge in [-0.1, -0.05) is 6.07 Å². The molecule has 1 fully saturated rings. The van der Waals surface area contributed by atoms with E-state index in [1.807, 2.05) is 11.8 Å². The van der Waals surface area contributed by atoms with Crippen LogP contribution in [0, 0.1) is 12.7 Å². The summed E-state index contributed by atoms with van der Waals surface area (Å²) >= 11 is 0. The van der Waals surface area contributed by atoms with Crippen molar-refractivity contribution in [3.63, 3.8) is 0 Å². The van der Waals surface area contributed by atoms with Crippen molar-refractivity contribution >= 4 is 11.6 Å². The number of aliphatic hydroxyl groups is 1. The van der Waals surface area contributed by atoms with Gasteiger partial charge in [-0.25, -0.2) is 4.39 Å². The number of carbonyl (C=O) groups excluding carboxylic acids is 1. The summed E-state index contributed by atoms with van der Waals surface area (Å²) in [6.45, 7) is 2.95. The lowest BCUT2D eigenvalue weighted by Crippen LogP contribution is -2.38. The van der Waals surface area contributed by atoms with E-state index in [9.17, 15) is 14.3 Å². The van der Waals surface area contributed by atoms with E-state index in [0.29, 0.717) is 5.69 Å². The van der Waals surface area contributed by atoms with Gasteiger partial charge in [0.05, 0.1) is 13.2 Å². The molecule has 0 unspecified atom stereocenters. The molecular formula is C14H19FN2O2. The number of hydrogen-bond donors (Lipinski definition) is 2. The van der Waals surface area contributed by atoms with Gasteiger partial charge < -0.3 is 10.4 Å². The van der Waals surface area contributed by atoms with Gasteiger partial charge in [-0.15, -0.1) is 0 Å². The van der Waals surface area contributed by atoms with Crippen LogP contribution in [0.2, 0.25) is 0 Å². The number of likely N-dealkylation sites (tertiary alicyclic amines) is 1. The van der Waals surface area contributed by atoms with Gasteiger partial charge in [0.2, 0.25) is 5.91 Å². The molecule has 0 spiro atoms. The number of aliphatic hydroxyl groups excluding tert-OH is 1. The summed E-state index contributed by atoms with van der Waals surface area (Å²) in [5.74, 6) is -0.538. The fraction of sp³-hybridized carbons (Fsp3) is 0.500. The molecule has 1 aliphatic rings. The van der Waals surface area contributed by atoms with Crippen molar-refractivity contribution in [2.45, 2.75) is 25.8 Å². The van der Waals surface area contributed by atoms with Gasteiger partial charge in [0.25, 0.3) is 0 Å². The minimum absolute atomic E-state index is 0.0688. The first kappa shape index (κ1) is 14.0. The lowest BCUT2D eigenvalue weighted by molar-refractivity contribution is -0.117. The molecule has 104 valence electrons. The van der Waals surface area contributed by atoms with Crippen LogP contribution < -0.4 is 5.32 Å². The van der Waals surface area contributed by atoms with Crippen LogP contribution in [0.3, 0.4) is 0 Å². The second kappa shape index (κ2) is 6.12. The van der Waals surface area contributed by atoms with Crippen molar-refractivity contribution in [3.05, 3.63) is 29.6 Å². The second-order valence-corrected chi connectivity index (χ2v) is 4.96. The Hall–Kier alpha value is -1.46. The number of carbonyl (C=O) groups is 1. The molecule has 2 rings (SSSR count). The van der Waals surface area contributed by atoms with Crippen molar-refractivity contribution in [2.24, 2.45) is 0 Å². The Morgan fingerprint density at radius 1 is 1.58 bits per heavy atom. The standard InChI is InChI=1S/C14H19FN2O2/c1-10-4-5-11(15)7-13(10)16-14(19)8-17-6-2-3-12(17)9-18/h4-5,7,12,18H,2-3,6,8-9H2,1H3,(H,16,19)/t12-/m0/s1. The molecule has 0 saturated carbocycles. The van der Waals surface area contributed by atoms with E-state index in [1.54, 1.807) is 6.07 Å². The molecule has 0 bridgehead atoms. The van der Waals surface area contributed by atoms with Crippen molar-refractivity contribution in [2.75, 3.05) is 25.0 Å². The summed E-state index contributed by atoms with van der Waals surface area (Å²) in [5, 5.41) is 11.9. The third-order valence-electron chi connectivity index (χ3n) is 3.53. The number of anilines is 1. The van der Waals surface area contributed by atoms with E-state index in [1.165, 1.54) is 12.1 Å². The molecular weight excluding hydrogens is 247 g/mol. The van der Waals surface area contributed by atoms with Crippen LogP contribution in [0.4, 0.5) is 10.1 Å². The predicted octanol–water partition coefficient (Wildman–Crippen LogP) is 1.53. The predicted molar refractivity (Wildman–Crippen MR) is 71.4 cm³/mol. The van der Waals surface area contributed by atoms with E-state index < -0.39 is 0 Å². The van der Waals surface area contributed by atoms with E-state index in [-0.39, 0.29) is 30.9 Å². The summed E-state index contributed by atoms with van der Waals surface area (Å²) < 4.78 is 13.1. The fourth-order valence-electron chi connectivity index (χ4n) is 2.41. The van der Waals surface area contributed by atoms with Crippen LogP contribution in [0.15, 0.2) is 18.2 Å². The van der Waals surface area contributed by atoms with Crippen LogP contribution in [-0.4, -0.2) is 41.7 Å². The van der Waals surface area contributed by atoms with Gasteiger partial charge in [0, 0.05) is 11.7 Å². The number of halogens is 1. The van der Waals surface area contributed by atoms with Crippen LogP contribution >= 0.6 is 0 Å². The fourth-order valence-corrected chi connectivity index (χ4v) is 2.41. The van der Waals surface area contributed by atoms with Gasteiger partial charge >= 0.3 is 0 Å². The van der Waals surface area contributed by atoms with E-state index >= 15 is 0 Å². The highest BCUT2D eigenvalue weighted by atomic mass is 19.1. The van der Waals surface area contributed by atoms with Gasteiger partial charge in [-0.2, -0.15) is 0 Å². The molecule has 19 heavy (non-hydrogen) atoms. The SMILES string of the molecule is Cc1ccc(F)cc1NC(=O)CN1CCC[C@H]1CO. The average Bonchev–Trinajstić information content (AvgIpc) is 2.81. The van der Waals surface area contributed by atoms with E-state index in [2.05, 4.69) is 5.32 Å². The molecule has 4 nitrogen and oxygen atoms in total. The molecule has 5 heteroatoms. The zero-order valence-corrected chi connectivity index (χ0v) is 11.0. The van der Waals surface area contributed by atoms with Crippen LogP contribution in [-0.2, 0) is 4.79 Å². The first-order valence-corrected chi connectivity index (χ1v) is 6.51. The highest BCUT2D eigenvalue weighted by Crippen LogP contribution is 2.18. The molecule has 1 aromatic carbocycles. The summed E-state index contributed by atoms with van der Waals surface area (Å²) in [6, 6.07) is 4.39. The van der Waals surface area contributed by atoms with Gasteiger partial charge in [0.15, 0.2) is 0 Å². The number of nitrogens with one attached hydrogen (secondary N) is 1. The topological polar surface area (TPSA) is 52.6 Å². The van der Waals surface area contributed by atoms with Gasteiger partial charge in [-0.3, -0.25) is 9.69 Å². The maximum atomic E-state index is 13.1. The first-order chi connectivity index (χ1) is 9.10. The molecule has 1 amide bonds. The third-order valence-corrected chi connectivity index (χ3v) is 3.53.